The summed E-state index contributed by atoms with van der Waals surface area (Å²) in [7, 11) is -3.42. The van der Waals surface area contributed by atoms with Crippen molar-refractivity contribution in [3.63, 3.8) is 0 Å². The lowest BCUT2D eigenvalue weighted by atomic mass is 10.3. The van der Waals surface area contributed by atoms with E-state index in [0.717, 1.165) is 0 Å². The van der Waals surface area contributed by atoms with Gasteiger partial charge >= 0.3 is 5.97 Å². The molecule has 0 aromatic rings. The quantitative estimate of drug-likeness (QED) is 0.524. The van der Waals surface area contributed by atoms with E-state index in [2.05, 4.69) is 4.72 Å². The van der Waals surface area contributed by atoms with Crippen LogP contribution in [0.15, 0.2) is 0 Å². The van der Waals surface area contributed by atoms with E-state index in [0.29, 0.717) is 0 Å². The molecule has 7 heteroatoms. The maximum Gasteiger partial charge on any atom is 0.321 e. The fourth-order valence-corrected chi connectivity index (χ4v) is 1.21. The SMILES string of the molecule is CC(C)S(=O)(=O)NCC(N)C(=O)O. The maximum atomic E-state index is 11.1. The first-order chi connectivity index (χ1) is 5.77. The summed E-state index contributed by atoms with van der Waals surface area (Å²) in [5, 5.41) is 7.77. The van der Waals surface area contributed by atoms with Crippen molar-refractivity contribution in [3.05, 3.63) is 0 Å². The van der Waals surface area contributed by atoms with E-state index < -0.39 is 27.3 Å². The van der Waals surface area contributed by atoms with Crippen molar-refractivity contribution in [3.8, 4) is 0 Å². The molecule has 13 heavy (non-hydrogen) atoms. The predicted octanol–water partition coefficient (Wildman–Crippen LogP) is -1.27. The van der Waals surface area contributed by atoms with E-state index in [1.165, 1.54) is 13.8 Å². The number of carboxylic acid groups (broad SMARTS) is 1. The van der Waals surface area contributed by atoms with Crippen LogP contribution in [0.1, 0.15) is 13.8 Å². The molecule has 4 N–H and O–H groups in total. The minimum absolute atomic E-state index is 0.282. The highest BCUT2D eigenvalue weighted by molar-refractivity contribution is 7.90. The van der Waals surface area contributed by atoms with Crippen molar-refractivity contribution in [1.29, 1.82) is 0 Å². The van der Waals surface area contributed by atoms with Gasteiger partial charge in [0.15, 0.2) is 0 Å². The second-order valence-electron chi connectivity index (χ2n) is 2.89. The van der Waals surface area contributed by atoms with Crippen LogP contribution in [0.5, 0.6) is 0 Å². The molecule has 0 rings (SSSR count). The zero-order valence-electron chi connectivity index (χ0n) is 7.52. The molecule has 0 saturated heterocycles. The van der Waals surface area contributed by atoms with Crippen LogP contribution in [-0.2, 0) is 14.8 Å². The Hall–Kier alpha value is -0.660. The van der Waals surface area contributed by atoms with Gasteiger partial charge in [0.25, 0.3) is 0 Å². The minimum atomic E-state index is -3.42. The van der Waals surface area contributed by atoms with E-state index in [4.69, 9.17) is 10.8 Å². The number of nitrogens with one attached hydrogen (secondary N) is 1. The topological polar surface area (TPSA) is 109 Å². The summed E-state index contributed by atoms with van der Waals surface area (Å²) in [6.07, 6.45) is 0. The summed E-state index contributed by atoms with van der Waals surface area (Å²) in [4.78, 5) is 10.2. The average molecular weight is 210 g/mol. The molecular weight excluding hydrogens is 196 g/mol. The number of aliphatic carboxylic acids is 1. The number of nitrogens with two attached hydrogens (primary N) is 1. The zero-order valence-corrected chi connectivity index (χ0v) is 8.34. The van der Waals surface area contributed by atoms with Crippen molar-refractivity contribution in [2.45, 2.75) is 25.1 Å². The molecule has 0 spiro atoms. The first-order valence-corrected chi connectivity index (χ1v) is 5.29. The molecule has 0 amide bonds. The third kappa shape index (κ3) is 4.20. The van der Waals surface area contributed by atoms with Crippen molar-refractivity contribution < 1.29 is 18.3 Å². The molecule has 0 aromatic heterocycles. The molecule has 0 aliphatic rings. The predicted molar refractivity (Wildman–Crippen MR) is 47.7 cm³/mol. The minimum Gasteiger partial charge on any atom is -0.480 e. The molecule has 78 valence electrons. The van der Waals surface area contributed by atoms with Gasteiger partial charge in [-0.1, -0.05) is 0 Å². The van der Waals surface area contributed by atoms with Crippen LogP contribution < -0.4 is 10.5 Å². The molecule has 0 aliphatic carbocycles. The molecule has 0 aromatic carbocycles. The Morgan fingerprint density at radius 1 is 1.54 bits per heavy atom. The fourth-order valence-electron chi connectivity index (χ4n) is 0.460. The van der Waals surface area contributed by atoms with Gasteiger partial charge in [-0.2, -0.15) is 0 Å². The molecule has 1 unspecified atom stereocenters. The molecule has 1 atom stereocenters. The van der Waals surface area contributed by atoms with Crippen LogP contribution >= 0.6 is 0 Å². The van der Waals surface area contributed by atoms with Gasteiger partial charge in [-0.25, -0.2) is 13.1 Å². The van der Waals surface area contributed by atoms with Gasteiger partial charge in [0.2, 0.25) is 10.0 Å². The lowest BCUT2D eigenvalue weighted by Gasteiger charge is -2.11. The van der Waals surface area contributed by atoms with Crippen LogP contribution in [0.4, 0.5) is 0 Å². The van der Waals surface area contributed by atoms with Gasteiger partial charge < -0.3 is 10.8 Å². The molecular formula is C6H14N2O4S. The lowest BCUT2D eigenvalue weighted by Crippen LogP contribution is -2.44. The summed E-state index contributed by atoms with van der Waals surface area (Å²) in [5.41, 5.74) is 5.10. The fraction of sp³-hybridized carbons (Fsp3) is 0.833. The first-order valence-electron chi connectivity index (χ1n) is 3.74. The van der Waals surface area contributed by atoms with Crippen LogP contribution in [0, 0.1) is 0 Å². The van der Waals surface area contributed by atoms with Crippen LogP contribution in [0.25, 0.3) is 0 Å². The number of carboxylic acids is 1. The Kier molecular flexibility index (Phi) is 4.31. The number of sulfonamides is 1. The molecule has 0 saturated carbocycles. The van der Waals surface area contributed by atoms with E-state index in [1.54, 1.807) is 0 Å². The Morgan fingerprint density at radius 2 is 2.00 bits per heavy atom. The summed E-state index contributed by atoms with van der Waals surface area (Å²) in [5.74, 6) is -1.23. The Morgan fingerprint density at radius 3 is 2.31 bits per heavy atom. The van der Waals surface area contributed by atoms with Crippen molar-refractivity contribution in [2.75, 3.05) is 6.54 Å². The third-order valence-corrected chi connectivity index (χ3v) is 3.25. The summed E-state index contributed by atoms with van der Waals surface area (Å²) < 4.78 is 24.3. The molecule has 0 aliphatic heterocycles. The summed E-state index contributed by atoms with van der Waals surface area (Å²) >= 11 is 0. The maximum absolute atomic E-state index is 11.1. The molecule has 0 fully saturated rings. The highest BCUT2D eigenvalue weighted by Gasteiger charge is 2.19. The normalized spacial score (nSPS) is 14.5. The van der Waals surface area contributed by atoms with Crippen molar-refractivity contribution in [2.24, 2.45) is 5.73 Å². The smallest absolute Gasteiger partial charge is 0.321 e. The van der Waals surface area contributed by atoms with Crippen LogP contribution in [0.3, 0.4) is 0 Å². The van der Waals surface area contributed by atoms with Gasteiger partial charge in [0, 0.05) is 6.54 Å². The van der Waals surface area contributed by atoms with E-state index in [9.17, 15) is 13.2 Å². The lowest BCUT2D eigenvalue weighted by molar-refractivity contribution is -0.138. The van der Waals surface area contributed by atoms with Gasteiger partial charge in [-0.05, 0) is 13.8 Å². The third-order valence-electron chi connectivity index (χ3n) is 1.44. The second kappa shape index (κ2) is 4.54. The summed E-state index contributed by atoms with van der Waals surface area (Å²) in [6.45, 7) is 2.71. The number of rotatable bonds is 5. The highest BCUT2D eigenvalue weighted by Crippen LogP contribution is 1.95. The molecule has 6 nitrogen and oxygen atoms in total. The number of hydrogen-bond acceptors (Lipinski definition) is 4. The van der Waals surface area contributed by atoms with E-state index >= 15 is 0 Å². The Labute approximate surface area is 77.2 Å². The van der Waals surface area contributed by atoms with Crippen molar-refractivity contribution >= 4 is 16.0 Å². The van der Waals surface area contributed by atoms with Gasteiger partial charge in [0.05, 0.1) is 5.25 Å². The molecule has 0 heterocycles. The van der Waals surface area contributed by atoms with Crippen LogP contribution in [-0.4, -0.2) is 37.3 Å². The Balaban J connectivity index is 4.11. The van der Waals surface area contributed by atoms with Crippen molar-refractivity contribution in [1.82, 2.24) is 4.72 Å². The van der Waals surface area contributed by atoms with Crippen LogP contribution in [0.2, 0.25) is 0 Å². The molecule has 0 radical (unpaired) electrons. The molecule has 0 bridgehead atoms. The number of hydrogen-bond donors (Lipinski definition) is 3. The van der Waals surface area contributed by atoms with E-state index in [1.807, 2.05) is 0 Å². The number of carbonyl (C=O) groups is 1. The summed E-state index contributed by atoms with van der Waals surface area (Å²) in [6, 6.07) is -1.20. The second-order valence-corrected chi connectivity index (χ2v) is 5.21. The Bertz CT molecular complexity index is 272. The van der Waals surface area contributed by atoms with E-state index in [-0.39, 0.29) is 6.54 Å². The monoisotopic (exact) mass is 210 g/mol. The van der Waals surface area contributed by atoms with Gasteiger partial charge in [-0.15, -0.1) is 0 Å². The standard InChI is InChI=1S/C6H14N2O4S/c1-4(2)13(11,12)8-3-5(7)6(9)10/h4-5,8H,3,7H2,1-2H3,(H,9,10). The average Bonchev–Trinajstić information content (AvgIpc) is 1.99. The first kappa shape index (κ1) is 12.3. The zero-order chi connectivity index (χ0) is 10.6. The highest BCUT2D eigenvalue weighted by atomic mass is 32.2. The van der Waals surface area contributed by atoms with Gasteiger partial charge in [0.1, 0.15) is 6.04 Å². The van der Waals surface area contributed by atoms with Gasteiger partial charge in [-0.3, -0.25) is 4.79 Å². The largest absolute Gasteiger partial charge is 0.480 e.